The molecule has 1 amide bonds. The zero-order valence-corrected chi connectivity index (χ0v) is 18.7. The molecule has 0 fully saturated rings. The van der Waals surface area contributed by atoms with Gasteiger partial charge >= 0.3 is 0 Å². The van der Waals surface area contributed by atoms with Crippen molar-refractivity contribution in [2.75, 3.05) is 0 Å². The van der Waals surface area contributed by atoms with Gasteiger partial charge in [0.25, 0.3) is 5.91 Å². The van der Waals surface area contributed by atoms with Crippen LogP contribution in [0.1, 0.15) is 32.7 Å². The fourth-order valence-electron chi connectivity index (χ4n) is 3.69. The van der Waals surface area contributed by atoms with Crippen molar-refractivity contribution in [2.45, 2.75) is 20.4 Å². The Hall–Kier alpha value is -3.08. The van der Waals surface area contributed by atoms with Crippen molar-refractivity contribution < 1.29 is 4.79 Å². The molecule has 0 bridgehead atoms. The highest BCUT2D eigenvalue weighted by molar-refractivity contribution is 6.35. The summed E-state index contributed by atoms with van der Waals surface area (Å²) >= 11 is 12.5. The summed E-state index contributed by atoms with van der Waals surface area (Å²) in [5, 5.41) is 6.53. The van der Waals surface area contributed by atoms with Crippen molar-refractivity contribution >= 4 is 46.2 Å². The Balaban J connectivity index is 1.66. The maximum absolute atomic E-state index is 12.5. The minimum Gasteiger partial charge on any atom is -0.340 e. The number of carbonyl (C=O) groups excluding carboxylic acids is 1. The highest BCUT2D eigenvalue weighted by Crippen LogP contribution is 2.28. The number of rotatable bonds is 5. The second-order valence-corrected chi connectivity index (χ2v) is 8.20. The number of fused-ring (bicyclic) bond motifs is 1. The molecule has 0 saturated heterocycles. The molecule has 4 nitrogen and oxygen atoms in total. The SMILES string of the molecule is Cc1ccccc1C(=O)N/N=C\c1c(C)n(Cc2ccc(Cl)cc2Cl)c2ccccc12. The first-order valence-electron chi connectivity index (χ1n) is 9.86. The van der Waals surface area contributed by atoms with Crippen molar-refractivity contribution in [2.24, 2.45) is 5.10 Å². The van der Waals surface area contributed by atoms with Crippen LogP contribution in [-0.2, 0) is 6.54 Å². The van der Waals surface area contributed by atoms with Gasteiger partial charge in [-0.15, -0.1) is 0 Å². The van der Waals surface area contributed by atoms with Gasteiger partial charge in [-0.25, -0.2) is 5.43 Å². The van der Waals surface area contributed by atoms with Gasteiger partial charge in [0.05, 0.1) is 6.21 Å². The van der Waals surface area contributed by atoms with Crippen LogP contribution in [0.25, 0.3) is 10.9 Å². The number of halogens is 2. The number of hydrazone groups is 1. The Bertz CT molecular complexity index is 1310. The molecule has 1 aromatic heterocycles. The average Bonchev–Trinajstić information content (AvgIpc) is 3.01. The number of amides is 1. The van der Waals surface area contributed by atoms with Crippen molar-refractivity contribution in [3.8, 4) is 0 Å². The Morgan fingerprint density at radius 2 is 1.77 bits per heavy atom. The van der Waals surface area contributed by atoms with Gasteiger partial charge in [0.15, 0.2) is 0 Å². The van der Waals surface area contributed by atoms with Crippen LogP contribution in [0, 0.1) is 13.8 Å². The Kier molecular flexibility index (Phi) is 6.12. The van der Waals surface area contributed by atoms with Crippen molar-refractivity contribution in [3.05, 3.63) is 105 Å². The number of nitrogens with one attached hydrogen (secondary N) is 1. The molecule has 0 aliphatic heterocycles. The molecule has 4 rings (SSSR count). The molecule has 31 heavy (non-hydrogen) atoms. The smallest absolute Gasteiger partial charge is 0.271 e. The molecule has 0 spiro atoms. The molecule has 4 aromatic rings. The van der Waals surface area contributed by atoms with Gasteiger partial charge < -0.3 is 4.57 Å². The number of hydrogen-bond acceptors (Lipinski definition) is 2. The lowest BCUT2D eigenvalue weighted by Crippen LogP contribution is -2.18. The summed E-state index contributed by atoms with van der Waals surface area (Å²) in [6.07, 6.45) is 1.70. The van der Waals surface area contributed by atoms with Crippen molar-refractivity contribution in [1.82, 2.24) is 9.99 Å². The number of para-hydroxylation sites is 1. The van der Waals surface area contributed by atoms with Gasteiger partial charge in [-0.05, 0) is 49.2 Å². The second kappa shape index (κ2) is 8.96. The summed E-state index contributed by atoms with van der Waals surface area (Å²) in [5.74, 6) is -0.233. The van der Waals surface area contributed by atoms with Gasteiger partial charge in [0.2, 0.25) is 0 Å². The normalized spacial score (nSPS) is 11.4. The highest BCUT2D eigenvalue weighted by Gasteiger charge is 2.14. The fourth-order valence-corrected chi connectivity index (χ4v) is 4.16. The Morgan fingerprint density at radius 1 is 1.03 bits per heavy atom. The van der Waals surface area contributed by atoms with E-state index in [0.717, 1.165) is 33.3 Å². The minimum atomic E-state index is -0.233. The Labute approximate surface area is 191 Å². The van der Waals surface area contributed by atoms with Crippen LogP contribution in [-0.4, -0.2) is 16.7 Å². The molecule has 1 heterocycles. The van der Waals surface area contributed by atoms with Crippen LogP contribution in [0.3, 0.4) is 0 Å². The summed E-state index contributed by atoms with van der Waals surface area (Å²) in [7, 11) is 0. The number of aromatic nitrogens is 1. The van der Waals surface area contributed by atoms with Crippen LogP contribution < -0.4 is 5.43 Å². The molecule has 0 saturated carbocycles. The zero-order valence-electron chi connectivity index (χ0n) is 17.2. The Morgan fingerprint density at radius 3 is 2.55 bits per heavy atom. The van der Waals surface area contributed by atoms with E-state index in [9.17, 15) is 4.79 Å². The number of aryl methyl sites for hydroxylation is 1. The summed E-state index contributed by atoms with van der Waals surface area (Å²) in [6, 6.07) is 21.1. The lowest BCUT2D eigenvalue weighted by Gasteiger charge is -2.10. The standard InChI is InChI=1S/C25H21Cl2N3O/c1-16-7-3-4-8-20(16)25(31)29-28-14-22-17(2)30(24-10-6-5-9-21(22)24)15-18-11-12-19(26)13-23(18)27/h3-14H,15H2,1-2H3,(H,29,31)/b28-14-. The van der Waals surface area contributed by atoms with E-state index in [1.807, 2.05) is 62.4 Å². The molecule has 1 N–H and O–H groups in total. The molecule has 0 atom stereocenters. The van der Waals surface area contributed by atoms with Crippen molar-refractivity contribution in [3.63, 3.8) is 0 Å². The average molecular weight is 450 g/mol. The zero-order chi connectivity index (χ0) is 22.0. The summed E-state index contributed by atoms with van der Waals surface area (Å²) in [4.78, 5) is 12.5. The molecule has 3 aromatic carbocycles. The molecule has 0 aliphatic carbocycles. The molecular weight excluding hydrogens is 429 g/mol. The van der Waals surface area contributed by atoms with Crippen LogP contribution in [0.5, 0.6) is 0 Å². The lowest BCUT2D eigenvalue weighted by molar-refractivity contribution is 0.0954. The van der Waals surface area contributed by atoms with Crippen LogP contribution >= 0.6 is 23.2 Å². The predicted octanol–water partition coefficient (Wildman–Crippen LogP) is 6.38. The van der Waals surface area contributed by atoms with E-state index in [-0.39, 0.29) is 5.91 Å². The van der Waals surface area contributed by atoms with Gasteiger partial charge in [-0.1, -0.05) is 65.7 Å². The third-order valence-corrected chi connectivity index (χ3v) is 5.96. The summed E-state index contributed by atoms with van der Waals surface area (Å²) in [6.45, 7) is 4.54. The van der Waals surface area contributed by atoms with E-state index in [4.69, 9.17) is 23.2 Å². The first-order valence-corrected chi connectivity index (χ1v) is 10.6. The van der Waals surface area contributed by atoms with E-state index in [2.05, 4.69) is 21.2 Å². The van der Waals surface area contributed by atoms with Crippen LogP contribution in [0.15, 0.2) is 71.8 Å². The van der Waals surface area contributed by atoms with E-state index >= 15 is 0 Å². The molecule has 0 unspecified atom stereocenters. The molecule has 0 aliphatic rings. The fraction of sp³-hybridized carbons (Fsp3) is 0.120. The second-order valence-electron chi connectivity index (χ2n) is 7.35. The van der Waals surface area contributed by atoms with E-state index < -0.39 is 0 Å². The lowest BCUT2D eigenvalue weighted by atomic mass is 10.1. The monoisotopic (exact) mass is 449 g/mol. The molecule has 0 radical (unpaired) electrons. The number of carbonyl (C=O) groups is 1. The maximum Gasteiger partial charge on any atom is 0.271 e. The first kappa shape index (κ1) is 21.2. The molecule has 6 heteroatoms. The van der Waals surface area contributed by atoms with E-state index in [1.165, 1.54) is 0 Å². The van der Waals surface area contributed by atoms with Crippen molar-refractivity contribution in [1.29, 1.82) is 0 Å². The molecular formula is C25H21Cl2N3O. The third kappa shape index (κ3) is 4.36. The number of nitrogens with zero attached hydrogens (tertiary/aromatic N) is 2. The third-order valence-electron chi connectivity index (χ3n) is 5.37. The topological polar surface area (TPSA) is 46.4 Å². The number of benzene rings is 3. The van der Waals surface area contributed by atoms with Gasteiger partial charge in [0.1, 0.15) is 0 Å². The summed E-state index contributed by atoms with van der Waals surface area (Å²) in [5.41, 5.74) is 8.18. The maximum atomic E-state index is 12.5. The van der Waals surface area contributed by atoms with Gasteiger partial charge in [0, 0.05) is 44.3 Å². The quantitative estimate of drug-likeness (QED) is 0.279. The van der Waals surface area contributed by atoms with Crippen LogP contribution in [0.2, 0.25) is 10.0 Å². The number of hydrogen-bond donors (Lipinski definition) is 1. The summed E-state index contributed by atoms with van der Waals surface area (Å²) < 4.78 is 2.19. The van der Waals surface area contributed by atoms with E-state index in [0.29, 0.717) is 22.2 Å². The minimum absolute atomic E-state index is 0.233. The predicted molar refractivity (Wildman–Crippen MR) is 128 cm³/mol. The van der Waals surface area contributed by atoms with Gasteiger partial charge in [-0.3, -0.25) is 4.79 Å². The highest BCUT2D eigenvalue weighted by atomic mass is 35.5. The van der Waals surface area contributed by atoms with E-state index in [1.54, 1.807) is 18.3 Å². The largest absolute Gasteiger partial charge is 0.340 e. The van der Waals surface area contributed by atoms with Gasteiger partial charge in [-0.2, -0.15) is 5.10 Å². The first-order chi connectivity index (χ1) is 15.0. The van der Waals surface area contributed by atoms with Crippen LogP contribution in [0.4, 0.5) is 0 Å². The molecule has 156 valence electrons.